The van der Waals surface area contributed by atoms with Crippen molar-refractivity contribution in [2.75, 3.05) is 12.4 Å². The maximum Gasteiger partial charge on any atom is 0.259 e. The van der Waals surface area contributed by atoms with Crippen LogP contribution in [-0.4, -0.2) is 44.4 Å². The molecule has 3 heterocycles. The van der Waals surface area contributed by atoms with Gasteiger partial charge >= 0.3 is 0 Å². The molecular formula is C19H18ClN5O3S. The molecule has 150 valence electrons. The molecule has 1 aliphatic carbocycles. The summed E-state index contributed by atoms with van der Waals surface area (Å²) >= 11 is 7.39. The molecule has 8 nitrogen and oxygen atoms in total. The Balaban J connectivity index is 1.64. The number of halogens is 1. The Morgan fingerprint density at radius 2 is 2.03 bits per heavy atom. The first-order chi connectivity index (χ1) is 13.9. The molecule has 0 radical (unpaired) electrons. The van der Waals surface area contributed by atoms with Gasteiger partial charge in [-0.25, -0.2) is 4.98 Å². The molecule has 3 aromatic rings. The van der Waals surface area contributed by atoms with Crippen LogP contribution in [0.2, 0.25) is 5.15 Å². The van der Waals surface area contributed by atoms with Gasteiger partial charge < -0.3 is 9.84 Å². The predicted octanol–water partition coefficient (Wildman–Crippen LogP) is 3.46. The van der Waals surface area contributed by atoms with Crippen LogP contribution in [0, 0.1) is 6.92 Å². The lowest BCUT2D eigenvalue weighted by atomic mass is 9.83. The number of methoxy groups -OCH3 is 1. The number of hydrogen-bond acceptors (Lipinski definition) is 8. The lowest BCUT2D eigenvalue weighted by Gasteiger charge is -2.28. The van der Waals surface area contributed by atoms with Crippen molar-refractivity contribution in [2.24, 2.45) is 0 Å². The van der Waals surface area contributed by atoms with Crippen molar-refractivity contribution >= 4 is 34.0 Å². The van der Waals surface area contributed by atoms with Crippen LogP contribution in [0.5, 0.6) is 5.75 Å². The third-order valence-corrected chi connectivity index (χ3v) is 5.96. The number of aryl methyl sites for hydroxylation is 1. The summed E-state index contributed by atoms with van der Waals surface area (Å²) in [6.07, 6.45) is 4.11. The van der Waals surface area contributed by atoms with E-state index >= 15 is 0 Å². The predicted molar refractivity (Wildman–Crippen MR) is 110 cm³/mol. The zero-order valence-corrected chi connectivity index (χ0v) is 17.3. The van der Waals surface area contributed by atoms with Crippen molar-refractivity contribution < 1.29 is 14.6 Å². The SMILES string of the molecule is COc1cnc(Cl)cc1-c1cc(C)ncc1C(=O)Nc1nnc(C2CC(O)C2)s1. The Morgan fingerprint density at radius 1 is 1.24 bits per heavy atom. The molecule has 0 aromatic carbocycles. The third kappa shape index (κ3) is 4.07. The first-order valence-corrected chi connectivity index (χ1v) is 10.1. The number of ether oxygens (including phenoxy) is 1. The second-order valence-electron chi connectivity index (χ2n) is 6.80. The van der Waals surface area contributed by atoms with E-state index in [1.54, 1.807) is 12.1 Å². The summed E-state index contributed by atoms with van der Waals surface area (Å²) < 4.78 is 5.39. The van der Waals surface area contributed by atoms with E-state index in [0.717, 1.165) is 10.7 Å². The van der Waals surface area contributed by atoms with E-state index in [1.807, 2.05) is 6.92 Å². The average molecular weight is 432 g/mol. The van der Waals surface area contributed by atoms with Crippen LogP contribution in [-0.2, 0) is 0 Å². The van der Waals surface area contributed by atoms with Crippen molar-refractivity contribution in [2.45, 2.75) is 31.8 Å². The first-order valence-electron chi connectivity index (χ1n) is 8.94. The molecule has 0 unspecified atom stereocenters. The van der Waals surface area contributed by atoms with Gasteiger partial charge in [-0.3, -0.25) is 15.1 Å². The Bertz CT molecular complexity index is 1070. The summed E-state index contributed by atoms with van der Waals surface area (Å²) in [5, 5.41) is 21.9. The standard InChI is InChI=1S/C19H18ClN5O3S/c1-9-3-12(13-6-16(20)22-8-15(13)28-2)14(7-21-9)17(27)23-19-25-24-18(29-19)10-4-11(26)5-10/h3,6-8,10-11,26H,4-5H2,1-2H3,(H,23,25,27). The van der Waals surface area contributed by atoms with Gasteiger partial charge in [-0.05, 0) is 31.9 Å². The summed E-state index contributed by atoms with van der Waals surface area (Å²) in [5.74, 6) is 0.336. The molecule has 4 rings (SSSR count). The Hall–Kier alpha value is -2.62. The molecule has 1 saturated carbocycles. The van der Waals surface area contributed by atoms with E-state index in [2.05, 4.69) is 25.5 Å². The lowest BCUT2D eigenvalue weighted by Crippen LogP contribution is -2.26. The van der Waals surface area contributed by atoms with Gasteiger partial charge in [-0.2, -0.15) is 0 Å². The fraction of sp³-hybridized carbons (Fsp3) is 0.316. The number of nitrogens with one attached hydrogen (secondary N) is 1. The lowest BCUT2D eigenvalue weighted by molar-refractivity contribution is 0.0743. The molecule has 1 fully saturated rings. The minimum absolute atomic E-state index is 0.202. The highest BCUT2D eigenvalue weighted by Gasteiger charge is 2.31. The van der Waals surface area contributed by atoms with Gasteiger partial charge in [0.05, 0.1) is 25.0 Å². The summed E-state index contributed by atoms with van der Waals surface area (Å²) in [6, 6.07) is 3.45. The van der Waals surface area contributed by atoms with Crippen LogP contribution >= 0.6 is 22.9 Å². The number of carbonyl (C=O) groups is 1. The number of hydrogen-bond donors (Lipinski definition) is 2. The highest BCUT2D eigenvalue weighted by atomic mass is 35.5. The summed E-state index contributed by atoms with van der Waals surface area (Å²) in [4.78, 5) is 21.3. The van der Waals surface area contributed by atoms with E-state index in [4.69, 9.17) is 16.3 Å². The second-order valence-corrected chi connectivity index (χ2v) is 8.20. The quantitative estimate of drug-likeness (QED) is 0.595. The topological polar surface area (TPSA) is 110 Å². The van der Waals surface area contributed by atoms with E-state index in [0.29, 0.717) is 40.4 Å². The van der Waals surface area contributed by atoms with Gasteiger partial charge in [0.1, 0.15) is 15.9 Å². The third-order valence-electron chi connectivity index (χ3n) is 4.75. The van der Waals surface area contributed by atoms with E-state index < -0.39 is 0 Å². The minimum atomic E-state index is -0.362. The van der Waals surface area contributed by atoms with Crippen molar-refractivity contribution in [3.8, 4) is 16.9 Å². The van der Waals surface area contributed by atoms with Crippen molar-refractivity contribution in [3.63, 3.8) is 0 Å². The Labute approximate surface area is 176 Å². The zero-order valence-electron chi connectivity index (χ0n) is 15.7. The van der Waals surface area contributed by atoms with Gasteiger partial charge in [-0.1, -0.05) is 22.9 Å². The van der Waals surface area contributed by atoms with E-state index in [-0.39, 0.29) is 23.1 Å². The van der Waals surface area contributed by atoms with Crippen LogP contribution < -0.4 is 10.1 Å². The largest absolute Gasteiger partial charge is 0.494 e. The Morgan fingerprint density at radius 3 is 2.76 bits per heavy atom. The molecule has 10 heteroatoms. The van der Waals surface area contributed by atoms with Gasteiger partial charge in [0, 0.05) is 28.9 Å². The van der Waals surface area contributed by atoms with E-state index in [1.165, 1.54) is 30.8 Å². The molecule has 0 saturated heterocycles. The second kappa shape index (κ2) is 8.02. The average Bonchev–Trinajstić information content (AvgIpc) is 3.13. The monoisotopic (exact) mass is 431 g/mol. The number of anilines is 1. The summed E-state index contributed by atoms with van der Waals surface area (Å²) in [6.45, 7) is 1.84. The van der Waals surface area contributed by atoms with Crippen LogP contribution in [0.3, 0.4) is 0 Å². The molecule has 1 aliphatic rings. The molecule has 0 aliphatic heterocycles. The highest BCUT2D eigenvalue weighted by molar-refractivity contribution is 7.15. The maximum absolute atomic E-state index is 13.0. The highest BCUT2D eigenvalue weighted by Crippen LogP contribution is 2.39. The fourth-order valence-electron chi connectivity index (χ4n) is 3.16. The van der Waals surface area contributed by atoms with Gasteiger partial charge in [-0.15, -0.1) is 10.2 Å². The van der Waals surface area contributed by atoms with Crippen LogP contribution in [0.4, 0.5) is 5.13 Å². The summed E-state index contributed by atoms with van der Waals surface area (Å²) in [7, 11) is 1.53. The van der Waals surface area contributed by atoms with Gasteiger partial charge in [0.25, 0.3) is 5.91 Å². The molecule has 2 N–H and O–H groups in total. The smallest absolute Gasteiger partial charge is 0.259 e. The molecule has 1 amide bonds. The summed E-state index contributed by atoms with van der Waals surface area (Å²) in [5.41, 5.74) is 2.37. The number of aliphatic hydroxyl groups excluding tert-OH is 1. The van der Waals surface area contributed by atoms with Crippen molar-refractivity contribution in [1.82, 2.24) is 20.2 Å². The zero-order chi connectivity index (χ0) is 20.5. The number of rotatable bonds is 5. The number of pyridine rings is 2. The maximum atomic E-state index is 13.0. The number of aromatic nitrogens is 4. The van der Waals surface area contributed by atoms with Crippen molar-refractivity contribution in [1.29, 1.82) is 0 Å². The Kier molecular flexibility index (Phi) is 5.44. The van der Waals surface area contributed by atoms with Crippen LogP contribution in [0.1, 0.15) is 39.8 Å². The molecule has 3 aromatic heterocycles. The van der Waals surface area contributed by atoms with E-state index in [9.17, 15) is 9.90 Å². The fourth-order valence-corrected chi connectivity index (χ4v) is 4.18. The van der Waals surface area contributed by atoms with Crippen molar-refractivity contribution in [3.05, 3.63) is 45.9 Å². The number of carbonyl (C=O) groups excluding carboxylic acids is 1. The molecular weight excluding hydrogens is 414 g/mol. The normalized spacial score (nSPS) is 18.2. The number of amides is 1. The number of nitrogens with zero attached hydrogens (tertiary/aromatic N) is 4. The minimum Gasteiger partial charge on any atom is -0.494 e. The molecule has 29 heavy (non-hydrogen) atoms. The van der Waals surface area contributed by atoms with Crippen LogP contribution in [0.15, 0.2) is 24.5 Å². The molecule has 0 spiro atoms. The van der Waals surface area contributed by atoms with Gasteiger partial charge in [0.2, 0.25) is 5.13 Å². The first kappa shape index (κ1) is 19.7. The molecule has 0 atom stereocenters. The number of aliphatic hydroxyl groups is 1. The van der Waals surface area contributed by atoms with Crippen LogP contribution in [0.25, 0.3) is 11.1 Å². The molecule has 0 bridgehead atoms. The van der Waals surface area contributed by atoms with Gasteiger partial charge in [0.15, 0.2) is 0 Å².